The van der Waals surface area contributed by atoms with Crippen molar-refractivity contribution < 1.29 is 14.5 Å². The molecule has 2 N–H and O–H groups in total. The zero-order chi connectivity index (χ0) is 21.5. The molecule has 0 aliphatic carbocycles. The highest BCUT2D eigenvalue weighted by Crippen LogP contribution is 2.26. The van der Waals surface area contributed by atoms with Crippen molar-refractivity contribution >= 4 is 58.8 Å². The number of nitrogens with zero attached hydrogens (tertiary/aromatic N) is 3. The lowest BCUT2D eigenvalue weighted by molar-refractivity contribution is -0.384. The van der Waals surface area contributed by atoms with Crippen LogP contribution in [-0.2, 0) is 4.79 Å². The van der Waals surface area contributed by atoms with Crippen LogP contribution in [-0.4, -0.2) is 22.2 Å². The molecule has 2 aromatic carbocycles. The second kappa shape index (κ2) is 9.72. The Morgan fingerprint density at radius 1 is 1.10 bits per heavy atom. The Labute approximate surface area is 180 Å². The molecule has 0 bridgehead atoms. The number of amides is 2. The van der Waals surface area contributed by atoms with Gasteiger partial charge in [0.25, 0.3) is 11.6 Å². The van der Waals surface area contributed by atoms with E-state index in [4.69, 9.17) is 11.6 Å². The predicted octanol–water partition coefficient (Wildman–Crippen LogP) is 4.53. The monoisotopic (exact) mass is 443 g/mol. The van der Waals surface area contributed by atoms with Crippen LogP contribution in [0.4, 0.5) is 22.7 Å². The molecular formula is C19H14ClN5O4S. The van der Waals surface area contributed by atoms with Crippen LogP contribution < -0.4 is 14.3 Å². The third-order valence-electron chi connectivity index (χ3n) is 3.82. The van der Waals surface area contributed by atoms with Gasteiger partial charge < -0.3 is 10.0 Å². The topological polar surface area (TPSA) is 117 Å². The minimum absolute atomic E-state index is 0.0124. The molecule has 0 atom stereocenters. The fourth-order valence-electron chi connectivity index (χ4n) is 2.35. The number of nitro groups is 1. The Balaban J connectivity index is 1.67. The average Bonchev–Trinajstić information content (AvgIpc) is 2.76. The summed E-state index contributed by atoms with van der Waals surface area (Å²) in [6.45, 7) is 0. The van der Waals surface area contributed by atoms with Gasteiger partial charge in [-0.3, -0.25) is 24.7 Å². The third kappa shape index (κ3) is 5.25. The molecule has 0 fully saturated rings. The minimum Gasteiger partial charge on any atom is -0.322 e. The summed E-state index contributed by atoms with van der Waals surface area (Å²) < 4.78 is 4.38. The summed E-state index contributed by atoms with van der Waals surface area (Å²) in [5.74, 6) is -0.586. The number of non-ortho nitro benzene ring substituents is 1. The number of halogens is 1. The lowest BCUT2D eigenvalue weighted by Gasteiger charge is -2.17. The molecule has 0 unspecified atom stereocenters. The van der Waals surface area contributed by atoms with Crippen LogP contribution in [0.3, 0.4) is 0 Å². The number of aromatic nitrogens is 1. The summed E-state index contributed by atoms with van der Waals surface area (Å²) in [5.41, 5.74) is 1.54. The first kappa shape index (κ1) is 21.1. The lowest BCUT2D eigenvalue weighted by Crippen LogP contribution is -2.15. The summed E-state index contributed by atoms with van der Waals surface area (Å²) in [6.07, 6.45) is 3.90. The Bertz CT molecular complexity index is 1070. The number of anilines is 3. The summed E-state index contributed by atoms with van der Waals surface area (Å²) >= 11 is 7.06. The molecule has 1 aromatic heterocycles. The smallest absolute Gasteiger partial charge is 0.270 e. The van der Waals surface area contributed by atoms with Crippen molar-refractivity contribution in [2.45, 2.75) is 0 Å². The van der Waals surface area contributed by atoms with Gasteiger partial charge in [-0.25, -0.2) is 4.31 Å². The van der Waals surface area contributed by atoms with Crippen molar-refractivity contribution in [2.75, 3.05) is 14.3 Å². The van der Waals surface area contributed by atoms with Crippen LogP contribution in [0.25, 0.3) is 0 Å². The van der Waals surface area contributed by atoms with Gasteiger partial charge in [0.05, 0.1) is 33.3 Å². The molecule has 0 spiro atoms. The van der Waals surface area contributed by atoms with Crippen LogP contribution >= 0.6 is 23.7 Å². The maximum Gasteiger partial charge on any atom is 0.270 e. The highest BCUT2D eigenvalue weighted by molar-refractivity contribution is 8.02. The number of rotatable bonds is 8. The Morgan fingerprint density at radius 2 is 1.80 bits per heavy atom. The van der Waals surface area contributed by atoms with Crippen molar-refractivity contribution in [1.29, 1.82) is 0 Å². The van der Waals surface area contributed by atoms with Gasteiger partial charge in [-0.2, -0.15) is 0 Å². The molecule has 0 aliphatic heterocycles. The number of benzene rings is 2. The lowest BCUT2D eigenvalue weighted by atomic mass is 10.2. The van der Waals surface area contributed by atoms with E-state index in [-0.39, 0.29) is 16.3 Å². The standard InChI is InChI=1S/C19H14ClN5O4S/c20-18-6-5-16(25(28)29)11-17(18)19(27)22-13-1-3-15(4-2-13)24(12-26)30-23-14-7-9-21-10-8-14/h1-12H,(H,21,23)(H,22,27). The second-order valence-corrected chi connectivity index (χ2v) is 6.97. The Hall–Kier alpha value is -3.63. The van der Waals surface area contributed by atoms with E-state index >= 15 is 0 Å². The van der Waals surface area contributed by atoms with Crippen molar-refractivity contribution in [2.24, 2.45) is 0 Å². The van der Waals surface area contributed by atoms with E-state index in [1.165, 1.54) is 16.4 Å². The van der Waals surface area contributed by atoms with Gasteiger partial charge in [-0.1, -0.05) is 11.6 Å². The van der Waals surface area contributed by atoms with Crippen LogP contribution in [0.1, 0.15) is 10.4 Å². The summed E-state index contributed by atoms with van der Waals surface area (Å²) in [7, 11) is 0. The van der Waals surface area contributed by atoms with E-state index in [2.05, 4.69) is 15.0 Å². The molecule has 9 nitrogen and oxygen atoms in total. The number of carbonyl (C=O) groups excluding carboxylic acids is 2. The Morgan fingerprint density at radius 3 is 2.43 bits per heavy atom. The minimum atomic E-state index is -0.604. The van der Waals surface area contributed by atoms with Gasteiger partial charge in [-0.15, -0.1) is 0 Å². The van der Waals surface area contributed by atoms with E-state index < -0.39 is 10.8 Å². The van der Waals surface area contributed by atoms with E-state index in [0.29, 0.717) is 17.8 Å². The molecule has 11 heteroatoms. The van der Waals surface area contributed by atoms with Gasteiger partial charge in [-0.05, 0) is 42.5 Å². The number of hydrogen-bond donors (Lipinski definition) is 2. The first-order chi connectivity index (χ1) is 14.5. The summed E-state index contributed by atoms with van der Waals surface area (Å²) in [6, 6.07) is 13.6. The molecule has 0 aliphatic rings. The Kier molecular flexibility index (Phi) is 6.83. The number of nitro benzene ring substituents is 1. The van der Waals surface area contributed by atoms with Gasteiger partial charge in [0.15, 0.2) is 0 Å². The fourth-order valence-corrected chi connectivity index (χ4v) is 3.16. The van der Waals surface area contributed by atoms with E-state index in [9.17, 15) is 19.7 Å². The molecule has 0 radical (unpaired) electrons. The molecule has 3 aromatic rings. The zero-order valence-corrected chi connectivity index (χ0v) is 16.8. The van der Waals surface area contributed by atoms with Gasteiger partial charge in [0.1, 0.15) is 0 Å². The van der Waals surface area contributed by atoms with Crippen LogP contribution in [0, 0.1) is 10.1 Å². The first-order valence-corrected chi connectivity index (χ1v) is 9.56. The maximum absolute atomic E-state index is 12.4. The molecule has 3 rings (SSSR count). The molecule has 30 heavy (non-hydrogen) atoms. The number of pyridine rings is 1. The predicted molar refractivity (Wildman–Crippen MR) is 116 cm³/mol. The van der Waals surface area contributed by atoms with Gasteiger partial charge in [0.2, 0.25) is 6.41 Å². The van der Waals surface area contributed by atoms with E-state index in [1.54, 1.807) is 48.8 Å². The summed E-state index contributed by atoms with van der Waals surface area (Å²) in [4.78, 5) is 38.1. The normalized spacial score (nSPS) is 10.2. The van der Waals surface area contributed by atoms with Crippen LogP contribution in [0.5, 0.6) is 0 Å². The van der Waals surface area contributed by atoms with Crippen molar-refractivity contribution in [3.05, 3.63) is 87.7 Å². The number of nitrogens with one attached hydrogen (secondary N) is 2. The van der Waals surface area contributed by atoms with Crippen molar-refractivity contribution in [3.8, 4) is 0 Å². The molecular weight excluding hydrogens is 430 g/mol. The zero-order valence-electron chi connectivity index (χ0n) is 15.2. The maximum atomic E-state index is 12.4. The molecule has 152 valence electrons. The number of hydrogen-bond acceptors (Lipinski definition) is 7. The highest BCUT2D eigenvalue weighted by atomic mass is 35.5. The summed E-state index contributed by atoms with van der Waals surface area (Å²) in [5, 5.41) is 13.6. The molecule has 2 amide bonds. The second-order valence-electron chi connectivity index (χ2n) is 5.78. The van der Waals surface area contributed by atoms with E-state index in [1.807, 2.05) is 0 Å². The first-order valence-electron chi connectivity index (χ1n) is 8.41. The number of carbonyl (C=O) groups is 2. The molecule has 0 saturated heterocycles. The van der Waals surface area contributed by atoms with Crippen molar-refractivity contribution in [1.82, 2.24) is 4.98 Å². The molecule has 0 saturated carbocycles. The fraction of sp³-hybridized carbons (Fsp3) is 0. The largest absolute Gasteiger partial charge is 0.322 e. The third-order valence-corrected chi connectivity index (χ3v) is 4.97. The van der Waals surface area contributed by atoms with Gasteiger partial charge in [0, 0.05) is 35.9 Å². The highest BCUT2D eigenvalue weighted by Gasteiger charge is 2.16. The molecule has 1 heterocycles. The SMILES string of the molecule is O=CN(SNc1ccncc1)c1ccc(NC(=O)c2cc([N+](=O)[O-])ccc2Cl)cc1. The average molecular weight is 444 g/mol. The van der Waals surface area contributed by atoms with Crippen molar-refractivity contribution in [3.63, 3.8) is 0 Å². The van der Waals surface area contributed by atoms with E-state index in [0.717, 1.165) is 23.9 Å². The van der Waals surface area contributed by atoms with Gasteiger partial charge >= 0.3 is 0 Å². The van der Waals surface area contributed by atoms with Crippen LogP contribution in [0.2, 0.25) is 5.02 Å². The van der Waals surface area contributed by atoms with Crippen LogP contribution in [0.15, 0.2) is 67.0 Å². The quantitative estimate of drug-likeness (QED) is 0.227.